The molecule has 2 aromatic rings. The van der Waals surface area contributed by atoms with Crippen molar-refractivity contribution >= 4 is 23.0 Å². The van der Waals surface area contributed by atoms with E-state index in [1.165, 1.54) is 38.5 Å². The lowest BCUT2D eigenvalue weighted by Gasteiger charge is -2.05. The van der Waals surface area contributed by atoms with E-state index < -0.39 is 0 Å². The number of azo groups is 1. The molecule has 0 aliphatic heterocycles. The lowest BCUT2D eigenvalue weighted by Crippen LogP contribution is -2.14. The van der Waals surface area contributed by atoms with Gasteiger partial charge in [-0.25, -0.2) is 0 Å². The van der Waals surface area contributed by atoms with Gasteiger partial charge in [0.15, 0.2) is 0 Å². The Morgan fingerprint density at radius 1 is 0.926 bits per heavy atom. The van der Waals surface area contributed by atoms with Gasteiger partial charge in [0, 0.05) is 11.6 Å². The Morgan fingerprint density at radius 2 is 1.59 bits per heavy atom. The number of carbonyl (C=O) groups excluding carboxylic acids is 1. The van der Waals surface area contributed by atoms with E-state index in [0.29, 0.717) is 5.92 Å². The summed E-state index contributed by atoms with van der Waals surface area (Å²) in [4.78, 5) is 12.4. The summed E-state index contributed by atoms with van der Waals surface area (Å²) in [6.45, 7) is 2.24. The van der Waals surface area contributed by atoms with Crippen LogP contribution >= 0.6 is 0 Å². The Labute approximate surface area is 162 Å². The van der Waals surface area contributed by atoms with Gasteiger partial charge in [0.05, 0.1) is 11.4 Å². The average Bonchev–Trinajstić information content (AvgIpc) is 3.48. The Kier molecular flexibility index (Phi) is 7.14. The number of anilines is 1. The van der Waals surface area contributed by atoms with E-state index in [1.54, 1.807) is 0 Å². The van der Waals surface area contributed by atoms with E-state index in [-0.39, 0.29) is 11.8 Å². The summed E-state index contributed by atoms with van der Waals surface area (Å²) in [6, 6.07) is 17.2. The molecule has 4 nitrogen and oxygen atoms in total. The third-order valence-electron chi connectivity index (χ3n) is 5.11. The largest absolute Gasteiger partial charge is 0.326 e. The summed E-state index contributed by atoms with van der Waals surface area (Å²) < 4.78 is 0. The molecule has 2 aromatic carbocycles. The first-order valence-electron chi connectivity index (χ1n) is 10.1. The SMILES string of the molecule is CCCCCCC[C@H]1C[C@H]1C(=O)Nc1ccc(N=Nc2ccccc2)cc1. The first-order chi connectivity index (χ1) is 13.3. The molecule has 142 valence electrons. The summed E-state index contributed by atoms with van der Waals surface area (Å²) in [5, 5.41) is 11.5. The molecular formula is C23H29N3O. The van der Waals surface area contributed by atoms with E-state index in [1.807, 2.05) is 54.6 Å². The van der Waals surface area contributed by atoms with Crippen molar-refractivity contribution < 1.29 is 4.79 Å². The number of nitrogens with one attached hydrogen (secondary N) is 1. The van der Waals surface area contributed by atoms with Gasteiger partial charge in [-0.2, -0.15) is 10.2 Å². The number of hydrogen-bond donors (Lipinski definition) is 1. The molecule has 1 amide bonds. The first kappa shape index (κ1) is 19.3. The third-order valence-corrected chi connectivity index (χ3v) is 5.11. The number of amides is 1. The number of unbranched alkanes of at least 4 members (excludes halogenated alkanes) is 4. The molecular weight excluding hydrogens is 334 g/mol. The molecule has 1 saturated carbocycles. The molecule has 0 bridgehead atoms. The number of rotatable bonds is 10. The van der Waals surface area contributed by atoms with Crippen molar-refractivity contribution in [1.29, 1.82) is 0 Å². The van der Waals surface area contributed by atoms with Crippen molar-refractivity contribution in [2.24, 2.45) is 22.1 Å². The number of nitrogens with zero attached hydrogens (tertiary/aromatic N) is 2. The van der Waals surface area contributed by atoms with Gasteiger partial charge in [0.25, 0.3) is 0 Å². The normalized spacial score (nSPS) is 18.6. The summed E-state index contributed by atoms with van der Waals surface area (Å²) >= 11 is 0. The number of benzene rings is 2. The highest BCUT2D eigenvalue weighted by molar-refractivity contribution is 5.94. The lowest BCUT2D eigenvalue weighted by molar-refractivity contribution is -0.117. The van der Waals surface area contributed by atoms with Gasteiger partial charge in [0.1, 0.15) is 0 Å². The zero-order valence-electron chi connectivity index (χ0n) is 16.1. The summed E-state index contributed by atoms with van der Waals surface area (Å²) in [7, 11) is 0. The zero-order chi connectivity index (χ0) is 18.9. The minimum Gasteiger partial charge on any atom is -0.326 e. The molecule has 1 aliphatic rings. The van der Waals surface area contributed by atoms with Crippen LogP contribution in [0.25, 0.3) is 0 Å². The van der Waals surface area contributed by atoms with Crippen molar-refractivity contribution in [3.05, 3.63) is 54.6 Å². The van der Waals surface area contributed by atoms with Crippen LogP contribution in [0, 0.1) is 11.8 Å². The Hall–Kier alpha value is -2.49. The van der Waals surface area contributed by atoms with E-state index in [9.17, 15) is 4.79 Å². The summed E-state index contributed by atoms with van der Waals surface area (Å²) in [6.07, 6.45) is 8.74. The highest BCUT2D eigenvalue weighted by Gasteiger charge is 2.42. The van der Waals surface area contributed by atoms with Gasteiger partial charge in [-0.15, -0.1) is 0 Å². The fourth-order valence-electron chi connectivity index (χ4n) is 3.35. The second-order valence-corrected chi connectivity index (χ2v) is 7.38. The van der Waals surface area contributed by atoms with E-state index in [2.05, 4.69) is 22.5 Å². The van der Waals surface area contributed by atoms with Crippen LogP contribution in [-0.2, 0) is 4.79 Å². The van der Waals surface area contributed by atoms with Crippen molar-refractivity contribution in [2.75, 3.05) is 5.32 Å². The van der Waals surface area contributed by atoms with Crippen molar-refractivity contribution in [3.63, 3.8) is 0 Å². The highest BCUT2D eigenvalue weighted by atomic mass is 16.2. The molecule has 0 heterocycles. The molecule has 2 atom stereocenters. The van der Waals surface area contributed by atoms with Gasteiger partial charge in [0.2, 0.25) is 5.91 Å². The van der Waals surface area contributed by atoms with E-state index >= 15 is 0 Å². The smallest absolute Gasteiger partial charge is 0.227 e. The predicted octanol–water partition coefficient (Wildman–Crippen LogP) is 7.04. The number of carbonyl (C=O) groups is 1. The lowest BCUT2D eigenvalue weighted by atomic mass is 10.1. The fourth-order valence-corrected chi connectivity index (χ4v) is 3.35. The predicted molar refractivity (Wildman–Crippen MR) is 111 cm³/mol. The molecule has 0 radical (unpaired) electrons. The topological polar surface area (TPSA) is 53.8 Å². The van der Waals surface area contributed by atoms with Crippen LogP contribution in [0.2, 0.25) is 0 Å². The fraction of sp³-hybridized carbons (Fsp3) is 0.435. The minimum absolute atomic E-state index is 0.159. The third kappa shape index (κ3) is 6.31. The molecule has 0 spiro atoms. The monoisotopic (exact) mass is 363 g/mol. The van der Waals surface area contributed by atoms with Crippen LogP contribution in [0.3, 0.4) is 0 Å². The molecule has 1 aliphatic carbocycles. The molecule has 0 unspecified atom stereocenters. The molecule has 0 aromatic heterocycles. The van der Waals surface area contributed by atoms with E-state index in [4.69, 9.17) is 0 Å². The molecule has 4 heteroatoms. The molecule has 0 saturated heterocycles. The van der Waals surface area contributed by atoms with Gasteiger partial charge in [-0.05, 0) is 55.2 Å². The standard InChI is InChI=1S/C23H29N3O/c1-2-3-4-5-7-10-18-17-22(18)23(27)24-19-13-15-21(16-14-19)26-25-20-11-8-6-9-12-20/h6,8-9,11-16,18,22H,2-5,7,10,17H2,1H3,(H,24,27)/t18-,22+/m0/s1. The van der Waals surface area contributed by atoms with Crippen LogP contribution in [0.4, 0.5) is 17.1 Å². The molecule has 1 N–H and O–H groups in total. The van der Waals surface area contributed by atoms with Crippen LogP contribution in [0.5, 0.6) is 0 Å². The van der Waals surface area contributed by atoms with Crippen LogP contribution in [-0.4, -0.2) is 5.91 Å². The maximum atomic E-state index is 12.4. The molecule has 27 heavy (non-hydrogen) atoms. The second kappa shape index (κ2) is 10.0. The van der Waals surface area contributed by atoms with Crippen LogP contribution < -0.4 is 5.32 Å². The van der Waals surface area contributed by atoms with Crippen molar-refractivity contribution in [2.45, 2.75) is 51.9 Å². The van der Waals surface area contributed by atoms with Gasteiger partial charge >= 0.3 is 0 Å². The van der Waals surface area contributed by atoms with Gasteiger partial charge in [-0.1, -0.05) is 57.2 Å². The van der Waals surface area contributed by atoms with Crippen molar-refractivity contribution in [3.8, 4) is 0 Å². The first-order valence-corrected chi connectivity index (χ1v) is 10.1. The minimum atomic E-state index is 0.159. The zero-order valence-corrected chi connectivity index (χ0v) is 16.1. The quantitative estimate of drug-likeness (QED) is 0.357. The maximum Gasteiger partial charge on any atom is 0.227 e. The second-order valence-electron chi connectivity index (χ2n) is 7.38. The Balaban J connectivity index is 1.41. The summed E-state index contributed by atoms with van der Waals surface area (Å²) in [5.74, 6) is 0.950. The molecule has 3 rings (SSSR count). The summed E-state index contributed by atoms with van der Waals surface area (Å²) in [5.41, 5.74) is 2.42. The Bertz CT molecular complexity index is 740. The van der Waals surface area contributed by atoms with Gasteiger partial charge in [-0.3, -0.25) is 4.79 Å². The van der Waals surface area contributed by atoms with Crippen LogP contribution in [0.15, 0.2) is 64.8 Å². The van der Waals surface area contributed by atoms with Gasteiger partial charge < -0.3 is 5.32 Å². The maximum absolute atomic E-state index is 12.4. The van der Waals surface area contributed by atoms with Crippen LogP contribution in [0.1, 0.15) is 51.9 Å². The molecule has 1 fully saturated rings. The van der Waals surface area contributed by atoms with E-state index in [0.717, 1.165) is 23.5 Å². The Morgan fingerprint density at radius 3 is 2.30 bits per heavy atom. The highest BCUT2D eigenvalue weighted by Crippen LogP contribution is 2.43. The van der Waals surface area contributed by atoms with Crippen molar-refractivity contribution in [1.82, 2.24) is 0 Å². The number of hydrogen-bond acceptors (Lipinski definition) is 3. The average molecular weight is 364 g/mol.